The number of para-hydroxylation sites is 2. The van der Waals surface area contributed by atoms with E-state index in [0.29, 0.717) is 30.9 Å². The fraction of sp³-hybridized carbons (Fsp3) is 0.286. The smallest absolute Gasteiger partial charge is 0.267 e. The molecule has 1 unspecified atom stereocenters. The van der Waals surface area contributed by atoms with Crippen LogP contribution in [0.25, 0.3) is 5.65 Å². The van der Waals surface area contributed by atoms with Crippen molar-refractivity contribution >= 4 is 23.1 Å². The molecule has 2 aromatic heterocycles. The van der Waals surface area contributed by atoms with E-state index in [9.17, 15) is 9.59 Å². The van der Waals surface area contributed by atoms with Crippen LogP contribution in [-0.2, 0) is 16.0 Å². The molecular weight excluding hydrogens is 356 g/mol. The number of benzene rings is 1. The summed E-state index contributed by atoms with van der Waals surface area (Å²) in [5, 5.41) is 2.91. The van der Waals surface area contributed by atoms with Crippen LogP contribution in [0.4, 0.5) is 5.69 Å². The predicted octanol–water partition coefficient (Wildman–Crippen LogP) is 2.20. The van der Waals surface area contributed by atoms with Gasteiger partial charge in [0.1, 0.15) is 11.4 Å². The standard InChI is InChI=1S/C21H22N4O3/c1-15-21(27)25(17-6-2-3-7-18(17)28-15)13-10-20(26)22-11-9-16-14-24-12-5-4-8-19(24)23-16/h2-8,12,14-15H,9-11,13H2,1H3,(H,22,26). The van der Waals surface area contributed by atoms with E-state index >= 15 is 0 Å². The highest BCUT2D eigenvalue weighted by molar-refractivity contribution is 6.00. The Hall–Kier alpha value is -3.35. The summed E-state index contributed by atoms with van der Waals surface area (Å²) in [6.45, 7) is 2.55. The van der Waals surface area contributed by atoms with Gasteiger partial charge in [-0.3, -0.25) is 9.59 Å². The molecule has 0 saturated heterocycles. The first kappa shape index (κ1) is 18.0. The Kier molecular flexibility index (Phi) is 4.97. The van der Waals surface area contributed by atoms with Crippen molar-refractivity contribution < 1.29 is 14.3 Å². The van der Waals surface area contributed by atoms with Gasteiger partial charge in [-0.1, -0.05) is 18.2 Å². The quantitative estimate of drug-likeness (QED) is 0.713. The monoisotopic (exact) mass is 378 g/mol. The molecule has 1 aromatic carbocycles. The van der Waals surface area contributed by atoms with E-state index in [2.05, 4.69) is 10.3 Å². The summed E-state index contributed by atoms with van der Waals surface area (Å²) in [5.74, 6) is 0.450. The van der Waals surface area contributed by atoms with Crippen LogP contribution in [0.1, 0.15) is 19.0 Å². The summed E-state index contributed by atoms with van der Waals surface area (Å²) in [7, 11) is 0. The maximum atomic E-state index is 12.4. The second-order valence-electron chi connectivity index (χ2n) is 6.77. The molecule has 0 aliphatic carbocycles. The number of pyridine rings is 1. The van der Waals surface area contributed by atoms with Gasteiger partial charge in [0.25, 0.3) is 5.91 Å². The Balaban J connectivity index is 1.30. The number of ether oxygens (including phenoxy) is 1. The highest BCUT2D eigenvalue weighted by atomic mass is 16.5. The van der Waals surface area contributed by atoms with E-state index in [0.717, 1.165) is 11.3 Å². The Labute approximate surface area is 162 Å². The Morgan fingerprint density at radius 2 is 2.04 bits per heavy atom. The summed E-state index contributed by atoms with van der Waals surface area (Å²) in [5.41, 5.74) is 2.53. The highest BCUT2D eigenvalue weighted by Gasteiger charge is 2.31. The Morgan fingerprint density at radius 1 is 1.21 bits per heavy atom. The summed E-state index contributed by atoms with van der Waals surface area (Å²) >= 11 is 0. The van der Waals surface area contributed by atoms with E-state index in [1.54, 1.807) is 11.8 Å². The molecule has 1 atom stereocenters. The average Bonchev–Trinajstić information content (AvgIpc) is 3.11. The lowest BCUT2D eigenvalue weighted by atomic mass is 10.1. The molecule has 28 heavy (non-hydrogen) atoms. The second-order valence-corrected chi connectivity index (χ2v) is 6.77. The first-order valence-electron chi connectivity index (χ1n) is 9.38. The number of fused-ring (bicyclic) bond motifs is 2. The summed E-state index contributed by atoms with van der Waals surface area (Å²) in [6.07, 6.45) is 4.25. The molecule has 144 valence electrons. The van der Waals surface area contributed by atoms with E-state index in [-0.39, 0.29) is 18.2 Å². The van der Waals surface area contributed by atoms with Crippen molar-refractivity contribution in [3.63, 3.8) is 0 Å². The number of carbonyl (C=O) groups is 2. The normalized spacial score (nSPS) is 16.0. The number of anilines is 1. The van der Waals surface area contributed by atoms with Crippen molar-refractivity contribution in [1.82, 2.24) is 14.7 Å². The van der Waals surface area contributed by atoms with Gasteiger partial charge in [0, 0.05) is 38.3 Å². The van der Waals surface area contributed by atoms with Crippen molar-refractivity contribution in [2.24, 2.45) is 0 Å². The Bertz CT molecular complexity index is 981. The lowest BCUT2D eigenvalue weighted by Gasteiger charge is -2.32. The fourth-order valence-electron chi connectivity index (χ4n) is 3.33. The maximum Gasteiger partial charge on any atom is 0.267 e. The molecule has 0 fully saturated rings. The van der Waals surface area contributed by atoms with Gasteiger partial charge in [-0.05, 0) is 31.2 Å². The number of hydrogen-bond acceptors (Lipinski definition) is 4. The number of nitrogens with zero attached hydrogens (tertiary/aromatic N) is 3. The number of carbonyl (C=O) groups excluding carboxylic acids is 2. The number of amides is 2. The fourth-order valence-corrected chi connectivity index (χ4v) is 3.33. The molecule has 7 heteroatoms. The molecular formula is C21H22N4O3. The summed E-state index contributed by atoms with van der Waals surface area (Å²) in [6, 6.07) is 13.2. The number of imidazole rings is 1. The van der Waals surface area contributed by atoms with Crippen molar-refractivity contribution in [1.29, 1.82) is 0 Å². The zero-order chi connectivity index (χ0) is 19.5. The second kappa shape index (κ2) is 7.72. The van der Waals surface area contributed by atoms with Gasteiger partial charge < -0.3 is 19.4 Å². The molecule has 3 heterocycles. The molecule has 7 nitrogen and oxygen atoms in total. The van der Waals surface area contributed by atoms with Crippen LogP contribution in [0.3, 0.4) is 0 Å². The first-order valence-corrected chi connectivity index (χ1v) is 9.38. The zero-order valence-electron chi connectivity index (χ0n) is 15.7. The number of rotatable bonds is 6. The number of nitrogens with one attached hydrogen (secondary N) is 1. The average molecular weight is 378 g/mol. The van der Waals surface area contributed by atoms with E-state index in [1.165, 1.54) is 0 Å². The molecule has 1 aliphatic heterocycles. The van der Waals surface area contributed by atoms with Gasteiger partial charge in [-0.25, -0.2) is 4.98 Å². The van der Waals surface area contributed by atoms with Gasteiger partial charge in [0.05, 0.1) is 11.4 Å². The predicted molar refractivity (Wildman–Crippen MR) is 105 cm³/mol. The van der Waals surface area contributed by atoms with E-state index in [1.807, 2.05) is 59.3 Å². The van der Waals surface area contributed by atoms with Crippen molar-refractivity contribution in [3.8, 4) is 5.75 Å². The third-order valence-electron chi connectivity index (χ3n) is 4.75. The van der Waals surface area contributed by atoms with Gasteiger partial charge in [-0.15, -0.1) is 0 Å². The van der Waals surface area contributed by atoms with Crippen LogP contribution in [-0.4, -0.2) is 40.4 Å². The molecule has 3 aromatic rings. The number of aromatic nitrogens is 2. The SMILES string of the molecule is CC1Oc2ccccc2N(CCC(=O)NCCc2cn3ccccc3n2)C1=O. The molecule has 1 aliphatic rings. The lowest BCUT2D eigenvalue weighted by molar-refractivity contribution is -0.125. The minimum Gasteiger partial charge on any atom is -0.479 e. The Morgan fingerprint density at radius 3 is 2.89 bits per heavy atom. The molecule has 4 rings (SSSR count). The van der Waals surface area contributed by atoms with Crippen LogP contribution in [0.15, 0.2) is 54.9 Å². The zero-order valence-corrected chi connectivity index (χ0v) is 15.7. The van der Waals surface area contributed by atoms with Gasteiger partial charge in [0.15, 0.2) is 6.10 Å². The molecule has 0 saturated carbocycles. The minimum atomic E-state index is -0.548. The van der Waals surface area contributed by atoms with Crippen LogP contribution >= 0.6 is 0 Å². The maximum absolute atomic E-state index is 12.4. The van der Waals surface area contributed by atoms with Crippen LogP contribution in [0.2, 0.25) is 0 Å². The third kappa shape index (κ3) is 3.69. The van der Waals surface area contributed by atoms with E-state index < -0.39 is 6.10 Å². The molecule has 1 N–H and O–H groups in total. The van der Waals surface area contributed by atoms with Gasteiger partial charge in [0.2, 0.25) is 5.91 Å². The first-order chi connectivity index (χ1) is 13.6. The molecule has 0 radical (unpaired) electrons. The van der Waals surface area contributed by atoms with Crippen molar-refractivity contribution in [2.45, 2.75) is 25.9 Å². The van der Waals surface area contributed by atoms with Crippen LogP contribution in [0.5, 0.6) is 5.75 Å². The lowest BCUT2D eigenvalue weighted by Crippen LogP contribution is -2.45. The van der Waals surface area contributed by atoms with Gasteiger partial charge in [-0.2, -0.15) is 0 Å². The molecule has 2 amide bonds. The van der Waals surface area contributed by atoms with Crippen molar-refractivity contribution in [3.05, 3.63) is 60.6 Å². The summed E-state index contributed by atoms with van der Waals surface area (Å²) < 4.78 is 7.58. The largest absolute Gasteiger partial charge is 0.479 e. The molecule has 0 spiro atoms. The molecule has 0 bridgehead atoms. The van der Waals surface area contributed by atoms with Crippen molar-refractivity contribution in [2.75, 3.05) is 18.0 Å². The summed E-state index contributed by atoms with van der Waals surface area (Å²) in [4.78, 5) is 30.8. The topological polar surface area (TPSA) is 75.9 Å². The van der Waals surface area contributed by atoms with Crippen LogP contribution in [0, 0.1) is 0 Å². The third-order valence-corrected chi connectivity index (χ3v) is 4.75. The van der Waals surface area contributed by atoms with E-state index in [4.69, 9.17) is 4.74 Å². The van der Waals surface area contributed by atoms with Crippen LogP contribution < -0.4 is 15.0 Å². The minimum absolute atomic E-state index is 0.0896. The highest BCUT2D eigenvalue weighted by Crippen LogP contribution is 2.33. The number of hydrogen-bond donors (Lipinski definition) is 1. The van der Waals surface area contributed by atoms with Gasteiger partial charge >= 0.3 is 0 Å².